The van der Waals surface area contributed by atoms with E-state index in [9.17, 15) is 0 Å². The van der Waals surface area contributed by atoms with Crippen LogP contribution in [0.1, 0.15) is 32.8 Å². The third kappa shape index (κ3) is 4.99. The molecule has 0 saturated carbocycles. The van der Waals surface area contributed by atoms with E-state index in [2.05, 4.69) is 54.2 Å². The summed E-state index contributed by atoms with van der Waals surface area (Å²) in [4.78, 5) is 0. The van der Waals surface area contributed by atoms with Crippen LogP contribution in [0.4, 0.5) is 0 Å². The molecular formula is C15H24BrNO. The van der Waals surface area contributed by atoms with Crippen LogP contribution in [-0.4, -0.2) is 20.2 Å². The average Bonchev–Trinajstić information content (AvgIpc) is 2.34. The van der Waals surface area contributed by atoms with Crippen molar-refractivity contribution in [3.8, 4) is 5.75 Å². The molecule has 0 unspecified atom stereocenters. The van der Waals surface area contributed by atoms with Crippen molar-refractivity contribution < 1.29 is 4.74 Å². The monoisotopic (exact) mass is 313 g/mol. The normalized spacial score (nSPS) is 11.6. The van der Waals surface area contributed by atoms with E-state index >= 15 is 0 Å². The van der Waals surface area contributed by atoms with E-state index < -0.39 is 0 Å². The first-order valence-electron chi connectivity index (χ1n) is 6.51. The van der Waals surface area contributed by atoms with Gasteiger partial charge in [-0.1, -0.05) is 26.8 Å². The number of hydrogen-bond acceptors (Lipinski definition) is 2. The minimum Gasteiger partial charge on any atom is -0.496 e. The summed E-state index contributed by atoms with van der Waals surface area (Å²) >= 11 is 3.53. The smallest absolute Gasteiger partial charge is 0.133 e. The highest BCUT2D eigenvalue weighted by Crippen LogP contribution is 2.28. The molecule has 0 amide bonds. The summed E-state index contributed by atoms with van der Waals surface area (Å²) in [6.07, 6.45) is 2.28. The quantitative estimate of drug-likeness (QED) is 0.820. The number of methoxy groups -OCH3 is 1. The van der Waals surface area contributed by atoms with Crippen LogP contribution in [0, 0.1) is 5.41 Å². The first-order chi connectivity index (χ1) is 8.48. The van der Waals surface area contributed by atoms with Gasteiger partial charge in [0.1, 0.15) is 5.75 Å². The Labute approximate surface area is 119 Å². The number of hydrogen-bond donors (Lipinski definition) is 1. The summed E-state index contributed by atoms with van der Waals surface area (Å²) in [5, 5.41) is 3.43. The highest BCUT2D eigenvalue weighted by atomic mass is 79.9. The minimum absolute atomic E-state index is 0.336. The maximum Gasteiger partial charge on any atom is 0.133 e. The maximum absolute atomic E-state index is 5.24. The predicted octanol–water partition coefficient (Wildman–Crippen LogP) is 4.03. The Kier molecular flexibility index (Phi) is 6.16. The van der Waals surface area contributed by atoms with Gasteiger partial charge in [0, 0.05) is 6.54 Å². The number of aryl methyl sites for hydroxylation is 1. The zero-order valence-corrected chi connectivity index (χ0v) is 13.4. The Balaban J connectivity index is 2.55. The lowest BCUT2D eigenvalue weighted by atomic mass is 9.86. The molecule has 3 heteroatoms. The van der Waals surface area contributed by atoms with E-state index in [1.54, 1.807) is 7.11 Å². The van der Waals surface area contributed by atoms with Crippen LogP contribution in [0.3, 0.4) is 0 Å². The van der Waals surface area contributed by atoms with Crippen LogP contribution >= 0.6 is 15.9 Å². The molecule has 0 atom stereocenters. The summed E-state index contributed by atoms with van der Waals surface area (Å²) < 4.78 is 6.28. The molecule has 2 nitrogen and oxygen atoms in total. The fourth-order valence-corrected chi connectivity index (χ4v) is 2.49. The maximum atomic E-state index is 5.24. The van der Waals surface area contributed by atoms with Crippen molar-refractivity contribution in [2.24, 2.45) is 5.41 Å². The molecule has 0 heterocycles. The van der Waals surface area contributed by atoms with Gasteiger partial charge in [0.05, 0.1) is 11.6 Å². The molecule has 1 aromatic carbocycles. The standard InChI is InChI=1S/C15H24BrNO/c1-5-17-11-15(2,3)9-8-12-6-7-14(18-4)13(16)10-12/h6-7,10,17H,5,8-9,11H2,1-4H3. The Morgan fingerprint density at radius 1 is 1.33 bits per heavy atom. The molecular weight excluding hydrogens is 290 g/mol. The van der Waals surface area contributed by atoms with Crippen LogP contribution in [0.25, 0.3) is 0 Å². The van der Waals surface area contributed by atoms with Gasteiger partial charge < -0.3 is 10.1 Å². The van der Waals surface area contributed by atoms with Crippen LogP contribution in [0.2, 0.25) is 0 Å². The Morgan fingerprint density at radius 2 is 2.06 bits per heavy atom. The highest BCUT2D eigenvalue weighted by molar-refractivity contribution is 9.10. The molecule has 1 aromatic rings. The Hall–Kier alpha value is -0.540. The lowest BCUT2D eigenvalue weighted by Crippen LogP contribution is -2.29. The predicted molar refractivity (Wildman–Crippen MR) is 81.3 cm³/mol. The molecule has 0 fully saturated rings. The third-order valence-electron chi connectivity index (χ3n) is 3.16. The van der Waals surface area contributed by atoms with Crippen molar-refractivity contribution >= 4 is 15.9 Å². The van der Waals surface area contributed by atoms with Gasteiger partial charge in [-0.3, -0.25) is 0 Å². The van der Waals surface area contributed by atoms with Crippen molar-refractivity contribution in [2.75, 3.05) is 20.2 Å². The lowest BCUT2D eigenvalue weighted by Gasteiger charge is -2.25. The Morgan fingerprint density at radius 3 is 2.61 bits per heavy atom. The number of rotatable bonds is 7. The third-order valence-corrected chi connectivity index (χ3v) is 3.78. The second-order valence-electron chi connectivity index (χ2n) is 5.41. The first kappa shape index (κ1) is 15.5. The molecule has 0 aliphatic carbocycles. The topological polar surface area (TPSA) is 21.3 Å². The molecule has 102 valence electrons. The van der Waals surface area contributed by atoms with E-state index in [0.717, 1.165) is 29.7 Å². The van der Waals surface area contributed by atoms with Crippen LogP contribution in [-0.2, 0) is 6.42 Å². The van der Waals surface area contributed by atoms with E-state index in [1.165, 1.54) is 12.0 Å². The number of ether oxygens (including phenoxy) is 1. The van der Waals surface area contributed by atoms with E-state index in [0.29, 0.717) is 5.41 Å². The van der Waals surface area contributed by atoms with Gasteiger partial charge in [0.15, 0.2) is 0 Å². The zero-order chi connectivity index (χ0) is 13.6. The van der Waals surface area contributed by atoms with Crippen LogP contribution < -0.4 is 10.1 Å². The molecule has 0 aliphatic rings. The second-order valence-corrected chi connectivity index (χ2v) is 6.27. The zero-order valence-electron chi connectivity index (χ0n) is 11.8. The molecule has 0 saturated heterocycles. The summed E-state index contributed by atoms with van der Waals surface area (Å²) in [7, 11) is 1.69. The molecule has 1 rings (SSSR count). The van der Waals surface area contributed by atoms with Crippen molar-refractivity contribution in [1.82, 2.24) is 5.32 Å². The molecule has 0 aliphatic heterocycles. The van der Waals surface area contributed by atoms with Crippen LogP contribution in [0.5, 0.6) is 5.75 Å². The van der Waals surface area contributed by atoms with Gasteiger partial charge in [-0.05, 0) is 58.4 Å². The van der Waals surface area contributed by atoms with Gasteiger partial charge in [-0.25, -0.2) is 0 Å². The van der Waals surface area contributed by atoms with Crippen molar-refractivity contribution in [2.45, 2.75) is 33.6 Å². The van der Waals surface area contributed by atoms with Crippen molar-refractivity contribution in [1.29, 1.82) is 0 Å². The van der Waals surface area contributed by atoms with Gasteiger partial charge >= 0.3 is 0 Å². The van der Waals surface area contributed by atoms with E-state index in [-0.39, 0.29) is 0 Å². The van der Waals surface area contributed by atoms with Gasteiger partial charge in [-0.15, -0.1) is 0 Å². The number of halogens is 1. The summed E-state index contributed by atoms with van der Waals surface area (Å²) in [6, 6.07) is 6.33. The van der Waals surface area contributed by atoms with Gasteiger partial charge in [0.25, 0.3) is 0 Å². The molecule has 0 spiro atoms. The Bertz CT molecular complexity index is 377. The minimum atomic E-state index is 0.336. The molecule has 0 aromatic heterocycles. The fraction of sp³-hybridized carbons (Fsp3) is 0.600. The molecule has 0 bridgehead atoms. The lowest BCUT2D eigenvalue weighted by molar-refractivity contribution is 0.317. The van der Waals surface area contributed by atoms with Crippen molar-refractivity contribution in [3.05, 3.63) is 28.2 Å². The van der Waals surface area contributed by atoms with E-state index in [1.807, 2.05) is 6.07 Å². The largest absolute Gasteiger partial charge is 0.496 e. The van der Waals surface area contributed by atoms with Gasteiger partial charge in [0.2, 0.25) is 0 Å². The number of benzene rings is 1. The summed E-state index contributed by atoms with van der Waals surface area (Å²) in [5.41, 5.74) is 1.69. The van der Waals surface area contributed by atoms with E-state index in [4.69, 9.17) is 4.74 Å². The highest BCUT2D eigenvalue weighted by Gasteiger charge is 2.17. The second kappa shape index (κ2) is 7.15. The fourth-order valence-electron chi connectivity index (χ4n) is 1.90. The summed E-state index contributed by atoms with van der Waals surface area (Å²) in [6.45, 7) is 8.89. The SMILES string of the molecule is CCNCC(C)(C)CCc1ccc(OC)c(Br)c1. The first-order valence-corrected chi connectivity index (χ1v) is 7.31. The molecule has 0 radical (unpaired) electrons. The average molecular weight is 314 g/mol. The molecule has 1 N–H and O–H groups in total. The number of nitrogens with one attached hydrogen (secondary N) is 1. The van der Waals surface area contributed by atoms with Crippen molar-refractivity contribution in [3.63, 3.8) is 0 Å². The van der Waals surface area contributed by atoms with Gasteiger partial charge in [-0.2, -0.15) is 0 Å². The summed E-state index contributed by atoms with van der Waals surface area (Å²) in [5.74, 6) is 0.894. The van der Waals surface area contributed by atoms with Crippen LogP contribution in [0.15, 0.2) is 22.7 Å². The molecule has 18 heavy (non-hydrogen) atoms.